The Morgan fingerprint density at radius 3 is 1.83 bits per heavy atom. The van der Waals surface area contributed by atoms with Gasteiger partial charge in [-0.1, -0.05) is 30.3 Å². The molecule has 0 bridgehead atoms. The second-order valence-corrected chi connectivity index (χ2v) is 12.3. The van der Waals surface area contributed by atoms with Gasteiger partial charge in [0.25, 0.3) is 0 Å². The van der Waals surface area contributed by atoms with E-state index in [4.69, 9.17) is 14.3 Å². The van der Waals surface area contributed by atoms with Crippen molar-refractivity contribution in [3.8, 4) is 5.75 Å². The van der Waals surface area contributed by atoms with Gasteiger partial charge in [0.05, 0.1) is 0 Å². The molecule has 2 rings (SSSR count). The average Bonchev–Trinajstić information content (AvgIpc) is 2.96. The molecule has 2 aromatic rings. The third-order valence-corrected chi connectivity index (χ3v) is 5.91. The van der Waals surface area contributed by atoms with Gasteiger partial charge in [0.1, 0.15) is 29.9 Å². The van der Waals surface area contributed by atoms with E-state index < -0.39 is 95.4 Å². The minimum absolute atomic E-state index is 0.0948. The standard InChI is InChI=1S/C32H38F4N2O9/c1-31(2,3)46-24(40)14-12-22(30(43)45-28-26(35)20(33)16-21(34)27(28)36)37-29(42)23(13-15-25(41)47-32(4,5)6)38(18-39)44-17-19-10-8-7-9-11-19/h7-11,16,18,22-23H,12-15,17H2,1-6H3,(H,37,42)/t22-,23-/m0/s1. The molecule has 258 valence electrons. The minimum atomic E-state index is -2.02. The first-order chi connectivity index (χ1) is 21.8. The van der Waals surface area contributed by atoms with Gasteiger partial charge in [-0.05, 0) is 59.9 Å². The van der Waals surface area contributed by atoms with Crippen LogP contribution in [-0.2, 0) is 44.9 Å². The number of ether oxygens (including phenoxy) is 3. The summed E-state index contributed by atoms with van der Waals surface area (Å²) < 4.78 is 71.3. The maximum Gasteiger partial charge on any atom is 0.334 e. The zero-order valence-corrected chi connectivity index (χ0v) is 26.9. The fourth-order valence-electron chi connectivity index (χ4n) is 3.92. The fourth-order valence-corrected chi connectivity index (χ4v) is 3.92. The summed E-state index contributed by atoms with van der Waals surface area (Å²) in [4.78, 5) is 69.2. The summed E-state index contributed by atoms with van der Waals surface area (Å²) in [6.45, 7) is 9.37. The SMILES string of the molecule is CC(C)(C)OC(=O)CC[C@H](NC(=O)[C@H](CCC(=O)OC(C)(C)C)N(C=O)OCc1ccccc1)C(=O)Oc1c(F)c(F)cc(F)c1F. The van der Waals surface area contributed by atoms with E-state index in [0.29, 0.717) is 10.6 Å². The highest BCUT2D eigenvalue weighted by atomic mass is 19.2. The average molecular weight is 671 g/mol. The van der Waals surface area contributed by atoms with Crippen LogP contribution in [0.15, 0.2) is 36.4 Å². The Balaban J connectivity index is 2.39. The lowest BCUT2D eigenvalue weighted by Crippen LogP contribution is -2.52. The molecule has 1 N–H and O–H groups in total. The lowest BCUT2D eigenvalue weighted by molar-refractivity contribution is -0.197. The Morgan fingerprint density at radius 1 is 0.830 bits per heavy atom. The number of carbonyl (C=O) groups is 5. The van der Waals surface area contributed by atoms with Crippen LogP contribution < -0.4 is 10.1 Å². The summed E-state index contributed by atoms with van der Waals surface area (Å²) in [6.07, 6.45) is -1.74. The lowest BCUT2D eigenvalue weighted by atomic mass is 10.1. The second kappa shape index (κ2) is 16.9. The Labute approximate surface area is 269 Å². The summed E-state index contributed by atoms with van der Waals surface area (Å²) in [6, 6.07) is 4.92. The van der Waals surface area contributed by atoms with Gasteiger partial charge in [-0.25, -0.2) is 18.6 Å². The first-order valence-electron chi connectivity index (χ1n) is 14.5. The van der Waals surface area contributed by atoms with Crippen LogP contribution >= 0.6 is 0 Å². The number of rotatable bonds is 15. The van der Waals surface area contributed by atoms with E-state index in [1.165, 1.54) is 0 Å². The lowest BCUT2D eigenvalue weighted by Gasteiger charge is -2.28. The van der Waals surface area contributed by atoms with Crippen molar-refractivity contribution < 1.29 is 60.6 Å². The Morgan fingerprint density at radius 2 is 1.34 bits per heavy atom. The molecular weight excluding hydrogens is 632 g/mol. The molecule has 0 radical (unpaired) electrons. The molecular formula is C32H38F4N2O9. The molecule has 0 saturated heterocycles. The van der Waals surface area contributed by atoms with Gasteiger partial charge in [0.15, 0.2) is 11.6 Å². The van der Waals surface area contributed by atoms with Gasteiger partial charge >= 0.3 is 17.9 Å². The van der Waals surface area contributed by atoms with Crippen molar-refractivity contribution in [1.82, 2.24) is 10.4 Å². The van der Waals surface area contributed by atoms with Crippen LogP contribution in [0.1, 0.15) is 72.8 Å². The van der Waals surface area contributed by atoms with Crippen molar-refractivity contribution in [2.24, 2.45) is 0 Å². The molecule has 0 fully saturated rings. The van der Waals surface area contributed by atoms with Crippen molar-refractivity contribution in [3.63, 3.8) is 0 Å². The molecule has 0 spiro atoms. The number of nitrogens with zero attached hydrogens (tertiary/aromatic N) is 1. The second-order valence-electron chi connectivity index (χ2n) is 12.3. The molecule has 15 heteroatoms. The predicted molar refractivity (Wildman–Crippen MR) is 157 cm³/mol. The first-order valence-corrected chi connectivity index (χ1v) is 14.5. The molecule has 0 heterocycles. The number of nitrogens with one attached hydrogen (secondary N) is 1. The zero-order valence-electron chi connectivity index (χ0n) is 26.9. The van der Waals surface area contributed by atoms with Crippen molar-refractivity contribution in [2.45, 2.75) is 97.1 Å². The Bertz CT molecular complexity index is 1400. The summed E-state index contributed by atoms with van der Waals surface area (Å²) in [5, 5.41) is 2.82. The van der Waals surface area contributed by atoms with Crippen LogP contribution in [0, 0.1) is 23.3 Å². The number of hydrogen-bond donors (Lipinski definition) is 1. The first kappa shape index (κ1) is 38.7. The quantitative estimate of drug-likeness (QED) is 0.0705. The van der Waals surface area contributed by atoms with Gasteiger partial charge in [-0.2, -0.15) is 8.78 Å². The number of hydroxylamine groups is 2. The van der Waals surface area contributed by atoms with Gasteiger partial charge in [-0.3, -0.25) is 24.0 Å². The molecule has 0 unspecified atom stereocenters. The van der Waals surface area contributed by atoms with E-state index in [-0.39, 0.29) is 25.5 Å². The van der Waals surface area contributed by atoms with Crippen molar-refractivity contribution in [3.05, 3.63) is 65.2 Å². The smallest absolute Gasteiger partial charge is 0.334 e. The predicted octanol–water partition coefficient (Wildman–Crippen LogP) is 4.84. The maximum absolute atomic E-state index is 14.3. The zero-order chi connectivity index (χ0) is 35.5. The minimum Gasteiger partial charge on any atom is -0.460 e. The van der Waals surface area contributed by atoms with Crippen LogP contribution in [0.25, 0.3) is 0 Å². The molecule has 0 aliphatic heterocycles. The summed E-state index contributed by atoms with van der Waals surface area (Å²) in [5.74, 6) is -13.8. The number of hydrogen-bond acceptors (Lipinski definition) is 9. The van der Waals surface area contributed by atoms with Gasteiger partial charge in [-0.15, -0.1) is 0 Å². The van der Waals surface area contributed by atoms with Gasteiger partial charge in [0.2, 0.25) is 29.7 Å². The monoisotopic (exact) mass is 670 g/mol. The van der Waals surface area contributed by atoms with Crippen molar-refractivity contribution in [1.29, 1.82) is 0 Å². The van der Waals surface area contributed by atoms with Crippen LogP contribution in [-0.4, -0.2) is 58.6 Å². The van der Waals surface area contributed by atoms with Crippen LogP contribution in [0.2, 0.25) is 0 Å². The summed E-state index contributed by atoms with van der Waals surface area (Å²) in [7, 11) is 0. The third kappa shape index (κ3) is 13.0. The number of esters is 3. The molecule has 0 aromatic heterocycles. The van der Waals surface area contributed by atoms with E-state index in [0.717, 1.165) is 0 Å². The Hall–Kier alpha value is -4.53. The number of benzene rings is 2. The van der Waals surface area contributed by atoms with Crippen LogP contribution in [0.3, 0.4) is 0 Å². The van der Waals surface area contributed by atoms with Gasteiger partial charge < -0.3 is 19.5 Å². The molecule has 11 nitrogen and oxygen atoms in total. The highest BCUT2D eigenvalue weighted by Crippen LogP contribution is 2.27. The molecule has 0 saturated carbocycles. The van der Waals surface area contributed by atoms with Gasteiger partial charge in [0, 0.05) is 18.9 Å². The summed E-state index contributed by atoms with van der Waals surface area (Å²) in [5.41, 5.74) is -1.20. The van der Waals surface area contributed by atoms with Crippen LogP contribution in [0.4, 0.5) is 17.6 Å². The van der Waals surface area contributed by atoms with E-state index in [1.807, 2.05) is 0 Å². The highest BCUT2D eigenvalue weighted by molar-refractivity contribution is 5.89. The number of halogens is 4. The maximum atomic E-state index is 14.3. The number of amides is 2. The Kier molecular flexibility index (Phi) is 13.9. The number of carbonyl (C=O) groups excluding carboxylic acids is 5. The third-order valence-electron chi connectivity index (χ3n) is 5.91. The highest BCUT2D eigenvalue weighted by Gasteiger charge is 2.34. The molecule has 2 atom stereocenters. The molecule has 2 amide bonds. The normalized spacial score (nSPS) is 12.8. The van der Waals surface area contributed by atoms with Crippen molar-refractivity contribution >= 4 is 30.2 Å². The molecule has 47 heavy (non-hydrogen) atoms. The summed E-state index contributed by atoms with van der Waals surface area (Å²) >= 11 is 0. The van der Waals surface area contributed by atoms with E-state index >= 15 is 0 Å². The molecule has 2 aromatic carbocycles. The molecule has 0 aliphatic carbocycles. The van der Waals surface area contributed by atoms with Crippen LogP contribution in [0.5, 0.6) is 5.75 Å². The van der Waals surface area contributed by atoms with E-state index in [1.54, 1.807) is 71.9 Å². The fraction of sp³-hybridized carbons (Fsp3) is 0.469. The molecule has 0 aliphatic rings. The van der Waals surface area contributed by atoms with E-state index in [2.05, 4.69) is 10.1 Å². The van der Waals surface area contributed by atoms with Crippen molar-refractivity contribution in [2.75, 3.05) is 0 Å². The van der Waals surface area contributed by atoms with E-state index in [9.17, 15) is 41.5 Å². The topological polar surface area (TPSA) is 138 Å². The largest absolute Gasteiger partial charge is 0.460 e.